The fraction of sp³-hybridized carbons (Fsp3) is 0.278. The van der Waals surface area contributed by atoms with Crippen LogP contribution < -0.4 is 29.2 Å². The number of ketones is 2. The molecule has 1 saturated heterocycles. The van der Waals surface area contributed by atoms with E-state index < -0.39 is 0 Å². The molecule has 1 aliphatic carbocycles. The van der Waals surface area contributed by atoms with Crippen LogP contribution in [0.25, 0.3) is 16.5 Å². The van der Waals surface area contributed by atoms with Crippen LogP contribution >= 0.6 is 0 Å². The lowest BCUT2D eigenvalue weighted by atomic mass is 9.93. The lowest BCUT2D eigenvalue weighted by Crippen LogP contribution is -2.46. The first-order valence-electron chi connectivity index (χ1n) is 15.7. The molecular weight excluding hydrogens is 614 g/mol. The molecule has 3 heterocycles. The fourth-order valence-corrected chi connectivity index (χ4v) is 6.08. The van der Waals surface area contributed by atoms with E-state index in [1.54, 1.807) is 20.3 Å². The average molecular weight is 650 g/mol. The minimum atomic E-state index is -0.222. The molecule has 246 valence electrons. The number of piperazine rings is 1. The number of hydrogen-bond donors (Lipinski definition) is 1. The molecule has 0 unspecified atom stereocenters. The second-order valence-electron chi connectivity index (χ2n) is 11.5. The molecule has 1 N–H and O–H groups in total. The number of nitrogens with zero attached hydrogens (tertiary/aromatic N) is 4. The molecule has 0 amide bonds. The van der Waals surface area contributed by atoms with Gasteiger partial charge in [-0.1, -0.05) is 6.07 Å². The summed E-state index contributed by atoms with van der Waals surface area (Å²) >= 11 is 0. The smallest absolute Gasteiger partial charge is 0.231 e. The quantitative estimate of drug-likeness (QED) is 0.181. The Kier molecular flexibility index (Phi) is 8.91. The molecule has 0 bridgehead atoms. The van der Waals surface area contributed by atoms with Gasteiger partial charge in [-0.3, -0.25) is 14.5 Å². The molecular formula is C36H35N5O7. The summed E-state index contributed by atoms with van der Waals surface area (Å²) in [6.07, 6.45) is 5.53. The number of benzene rings is 3. The van der Waals surface area contributed by atoms with Crippen molar-refractivity contribution < 1.29 is 33.3 Å². The molecule has 0 radical (unpaired) electrons. The Bertz CT molecular complexity index is 1930. The minimum absolute atomic E-state index is 0.215. The van der Waals surface area contributed by atoms with Crippen molar-refractivity contribution >= 4 is 45.2 Å². The Balaban J connectivity index is 1.14. The van der Waals surface area contributed by atoms with Gasteiger partial charge in [0, 0.05) is 73.8 Å². The van der Waals surface area contributed by atoms with Gasteiger partial charge in [-0.25, -0.2) is 9.97 Å². The number of ether oxygens (including phenoxy) is 5. The summed E-state index contributed by atoms with van der Waals surface area (Å²) in [6.45, 7) is 5.00. The van der Waals surface area contributed by atoms with Crippen LogP contribution in [0.3, 0.4) is 0 Å². The lowest BCUT2D eigenvalue weighted by Gasteiger charge is -2.37. The number of hydrogen-bond acceptors (Lipinski definition) is 12. The summed E-state index contributed by atoms with van der Waals surface area (Å²) in [5, 5.41) is 4.13. The van der Waals surface area contributed by atoms with Crippen LogP contribution in [0.5, 0.6) is 23.0 Å². The van der Waals surface area contributed by atoms with Gasteiger partial charge in [-0.15, -0.1) is 0 Å². The van der Waals surface area contributed by atoms with Crippen molar-refractivity contribution in [1.29, 1.82) is 0 Å². The third-order valence-electron chi connectivity index (χ3n) is 8.52. The maximum Gasteiger partial charge on any atom is 0.231 e. The zero-order valence-electron chi connectivity index (χ0n) is 26.7. The normalized spacial score (nSPS) is 16.0. The van der Waals surface area contributed by atoms with Crippen molar-refractivity contribution in [3.63, 3.8) is 0 Å². The molecule has 0 spiro atoms. The highest BCUT2D eigenvalue weighted by atomic mass is 16.7. The van der Waals surface area contributed by atoms with Crippen molar-refractivity contribution in [2.75, 3.05) is 70.6 Å². The molecule has 48 heavy (non-hydrogen) atoms. The zero-order chi connectivity index (χ0) is 33.0. The van der Waals surface area contributed by atoms with Gasteiger partial charge >= 0.3 is 0 Å². The summed E-state index contributed by atoms with van der Waals surface area (Å²) in [4.78, 5) is 39.2. The molecule has 12 heteroatoms. The van der Waals surface area contributed by atoms with E-state index in [-0.39, 0.29) is 18.4 Å². The van der Waals surface area contributed by atoms with Crippen LogP contribution in [0.2, 0.25) is 0 Å². The molecule has 0 atom stereocenters. The number of allylic oxidation sites excluding steroid dienone is 4. The average Bonchev–Trinajstić information content (AvgIpc) is 3.58. The van der Waals surface area contributed by atoms with Crippen LogP contribution in [0.15, 0.2) is 73.1 Å². The Hall–Kier alpha value is -5.46. The highest BCUT2D eigenvalue weighted by Crippen LogP contribution is 2.38. The monoisotopic (exact) mass is 649 g/mol. The van der Waals surface area contributed by atoms with Gasteiger partial charge in [-0.05, 0) is 60.2 Å². The topological polar surface area (TPSA) is 125 Å². The van der Waals surface area contributed by atoms with E-state index >= 15 is 0 Å². The van der Waals surface area contributed by atoms with Crippen molar-refractivity contribution in [2.24, 2.45) is 0 Å². The molecule has 3 aromatic carbocycles. The molecule has 12 nitrogen and oxygen atoms in total. The van der Waals surface area contributed by atoms with E-state index in [4.69, 9.17) is 23.7 Å². The number of methoxy groups -OCH3 is 2. The van der Waals surface area contributed by atoms with Gasteiger partial charge in [-0.2, -0.15) is 0 Å². The molecule has 2 aliphatic heterocycles. The van der Waals surface area contributed by atoms with Crippen LogP contribution in [-0.2, 0) is 20.9 Å². The van der Waals surface area contributed by atoms with Gasteiger partial charge in [0.15, 0.2) is 34.6 Å². The maximum atomic E-state index is 13.1. The van der Waals surface area contributed by atoms with Gasteiger partial charge in [0.25, 0.3) is 0 Å². The van der Waals surface area contributed by atoms with E-state index in [0.717, 1.165) is 60.9 Å². The number of carbonyl (C=O) groups excluding carboxylic acids is 2. The molecule has 0 saturated carbocycles. The van der Waals surface area contributed by atoms with Crippen LogP contribution in [-0.4, -0.2) is 86.8 Å². The summed E-state index contributed by atoms with van der Waals surface area (Å²) in [7, 11) is 3.19. The van der Waals surface area contributed by atoms with Crippen molar-refractivity contribution in [3.05, 3.63) is 84.2 Å². The molecule has 7 rings (SSSR count). The summed E-state index contributed by atoms with van der Waals surface area (Å²) in [6, 6.07) is 15.5. The van der Waals surface area contributed by atoms with Gasteiger partial charge in [0.1, 0.15) is 18.8 Å². The predicted octanol–water partition coefficient (Wildman–Crippen LogP) is 4.55. The van der Waals surface area contributed by atoms with E-state index in [2.05, 4.69) is 31.2 Å². The Morgan fingerprint density at radius 3 is 2.56 bits per heavy atom. The van der Waals surface area contributed by atoms with Crippen LogP contribution in [0.1, 0.15) is 11.1 Å². The summed E-state index contributed by atoms with van der Waals surface area (Å²) < 4.78 is 27.5. The second kappa shape index (κ2) is 13.7. The Labute approximate surface area is 277 Å². The largest absolute Gasteiger partial charge is 0.493 e. The van der Waals surface area contributed by atoms with E-state index in [1.807, 2.05) is 36.4 Å². The molecule has 4 aromatic rings. The van der Waals surface area contributed by atoms with E-state index in [9.17, 15) is 9.59 Å². The third kappa shape index (κ3) is 6.53. The van der Waals surface area contributed by atoms with Gasteiger partial charge in [0.2, 0.25) is 6.79 Å². The summed E-state index contributed by atoms with van der Waals surface area (Å²) in [5.41, 5.74) is 4.45. The fourth-order valence-electron chi connectivity index (χ4n) is 6.08. The number of nitrogens with one attached hydrogen (secondary N) is 1. The van der Waals surface area contributed by atoms with Crippen molar-refractivity contribution in [1.82, 2.24) is 14.9 Å². The zero-order valence-corrected chi connectivity index (χ0v) is 26.7. The maximum absolute atomic E-state index is 13.1. The van der Waals surface area contributed by atoms with Crippen molar-refractivity contribution in [2.45, 2.75) is 6.54 Å². The first kappa shape index (κ1) is 31.2. The number of fused-ring (bicyclic) bond motifs is 2. The van der Waals surface area contributed by atoms with E-state index in [1.165, 1.54) is 24.6 Å². The molecule has 3 aliphatic rings. The Morgan fingerprint density at radius 1 is 0.875 bits per heavy atom. The third-order valence-corrected chi connectivity index (χ3v) is 8.52. The van der Waals surface area contributed by atoms with Gasteiger partial charge in [0.05, 0.1) is 19.2 Å². The first-order valence-corrected chi connectivity index (χ1v) is 15.7. The number of aromatic nitrogens is 2. The second-order valence-corrected chi connectivity index (χ2v) is 11.5. The van der Waals surface area contributed by atoms with Gasteiger partial charge < -0.3 is 33.9 Å². The Morgan fingerprint density at radius 2 is 1.73 bits per heavy atom. The van der Waals surface area contributed by atoms with E-state index in [0.29, 0.717) is 52.9 Å². The molecule has 1 aromatic heterocycles. The van der Waals surface area contributed by atoms with Crippen LogP contribution in [0, 0.1) is 0 Å². The number of rotatable bonds is 11. The highest BCUT2D eigenvalue weighted by Gasteiger charge is 2.25. The first-order chi connectivity index (χ1) is 23.5. The minimum Gasteiger partial charge on any atom is -0.493 e. The van der Waals surface area contributed by atoms with Crippen LogP contribution in [0.4, 0.5) is 17.2 Å². The summed E-state index contributed by atoms with van der Waals surface area (Å²) in [5.74, 6) is 2.76. The standard InChI is InChI=1S/C36H35N5O7/c1-44-13-14-46-35-19-29-28(18-33(35)45-2)36(38-21-37-29)39-24-4-6-30(26(16-24)27-17-25(42)5-7-31(27)43)41-11-9-40(10-12-41)20-23-3-8-32-34(15-23)48-22-47-32/h3-8,15-19,21H,9-14,20,22H2,1-2H3,(H,37,38,39). The molecule has 1 fully saturated rings. The predicted molar refractivity (Wildman–Crippen MR) is 180 cm³/mol. The number of anilines is 3. The highest BCUT2D eigenvalue weighted by molar-refractivity contribution is 6.34. The number of carbonyl (C=O) groups is 2. The SMILES string of the molecule is COCCOc1cc2ncnc(Nc3ccc(N4CCN(Cc5ccc6c(c5)OCO6)CC4)c(C4=CC(=O)C=CC4=O)c3)c2cc1OC. The lowest BCUT2D eigenvalue weighted by molar-refractivity contribution is -0.113. The van der Waals surface area contributed by atoms with Crippen molar-refractivity contribution in [3.8, 4) is 23.0 Å².